The topological polar surface area (TPSA) is 55.1 Å². The number of hydrogen-bond acceptors (Lipinski definition) is 2. The van der Waals surface area contributed by atoms with E-state index >= 15 is 0 Å². The van der Waals surface area contributed by atoms with Gasteiger partial charge in [0.05, 0.1) is 0 Å². The van der Waals surface area contributed by atoms with Crippen LogP contribution in [0.15, 0.2) is 0 Å². The van der Waals surface area contributed by atoms with Crippen LogP contribution in [0.2, 0.25) is 0 Å². The Labute approximate surface area is 105 Å². The number of carbonyl (C=O) groups is 1. The minimum atomic E-state index is 0.0913. The molecule has 0 aliphatic heterocycles. The highest BCUT2D eigenvalue weighted by molar-refractivity contribution is 5.76. The van der Waals surface area contributed by atoms with Crippen molar-refractivity contribution in [2.24, 2.45) is 17.6 Å². The van der Waals surface area contributed by atoms with Gasteiger partial charge in [0.25, 0.3) is 0 Å². The summed E-state index contributed by atoms with van der Waals surface area (Å²) in [4.78, 5) is 11.8. The molecule has 0 bridgehead atoms. The third kappa shape index (κ3) is 3.98. The van der Waals surface area contributed by atoms with Crippen LogP contribution in [0.25, 0.3) is 0 Å². The molecule has 2 aliphatic carbocycles. The molecule has 3 nitrogen and oxygen atoms in total. The smallest absolute Gasteiger partial charge is 0.221 e. The second kappa shape index (κ2) is 5.85. The molecule has 2 rings (SSSR count). The number of hydrogen-bond donors (Lipinski definition) is 2. The molecule has 17 heavy (non-hydrogen) atoms. The van der Waals surface area contributed by atoms with Crippen LogP contribution in [0.1, 0.15) is 58.3 Å². The van der Waals surface area contributed by atoms with Crippen LogP contribution in [0.5, 0.6) is 0 Å². The second-order valence-corrected chi connectivity index (χ2v) is 5.96. The summed E-state index contributed by atoms with van der Waals surface area (Å²) < 4.78 is 0. The number of nitrogens with one attached hydrogen (secondary N) is 1. The Morgan fingerprint density at radius 2 is 1.82 bits per heavy atom. The largest absolute Gasteiger partial charge is 0.353 e. The number of nitrogens with two attached hydrogens (primary N) is 1. The molecule has 0 heterocycles. The standard InChI is InChI=1S/C14H26N2O/c1-10(11-5-3-2-4-6-11)16-14(17)9-13(15)12-7-8-12/h10-13H,2-9,15H2,1H3,(H,16,17). The summed E-state index contributed by atoms with van der Waals surface area (Å²) >= 11 is 0. The summed E-state index contributed by atoms with van der Waals surface area (Å²) in [5, 5.41) is 3.14. The summed E-state index contributed by atoms with van der Waals surface area (Å²) in [6.07, 6.45) is 9.51. The van der Waals surface area contributed by atoms with Gasteiger partial charge in [0.15, 0.2) is 0 Å². The van der Waals surface area contributed by atoms with Crippen LogP contribution in [-0.4, -0.2) is 18.0 Å². The lowest BCUT2D eigenvalue weighted by molar-refractivity contribution is -0.122. The van der Waals surface area contributed by atoms with E-state index in [4.69, 9.17) is 5.73 Å². The highest BCUT2D eigenvalue weighted by Crippen LogP contribution is 2.32. The normalized spacial score (nSPS) is 25.3. The molecule has 1 amide bonds. The van der Waals surface area contributed by atoms with Gasteiger partial charge in [0, 0.05) is 18.5 Å². The summed E-state index contributed by atoms with van der Waals surface area (Å²) in [5.74, 6) is 1.46. The lowest BCUT2D eigenvalue weighted by Crippen LogP contribution is -2.41. The molecular formula is C14H26N2O. The van der Waals surface area contributed by atoms with Gasteiger partial charge in [-0.05, 0) is 44.4 Å². The Bertz CT molecular complexity index is 257. The highest BCUT2D eigenvalue weighted by Gasteiger charge is 2.30. The molecule has 0 spiro atoms. The molecule has 0 saturated heterocycles. The van der Waals surface area contributed by atoms with Crippen molar-refractivity contribution in [1.29, 1.82) is 0 Å². The third-order valence-corrected chi connectivity index (χ3v) is 4.39. The molecule has 2 unspecified atom stereocenters. The Morgan fingerprint density at radius 3 is 2.41 bits per heavy atom. The van der Waals surface area contributed by atoms with Gasteiger partial charge in [-0.2, -0.15) is 0 Å². The Balaban J connectivity index is 1.69. The molecule has 2 aliphatic rings. The predicted molar refractivity (Wildman–Crippen MR) is 69.5 cm³/mol. The van der Waals surface area contributed by atoms with E-state index in [9.17, 15) is 4.79 Å². The van der Waals surface area contributed by atoms with Gasteiger partial charge in [0.1, 0.15) is 0 Å². The molecule has 2 fully saturated rings. The average molecular weight is 238 g/mol. The van der Waals surface area contributed by atoms with Gasteiger partial charge in [-0.25, -0.2) is 0 Å². The number of carbonyl (C=O) groups excluding carboxylic acids is 1. The van der Waals surface area contributed by atoms with Gasteiger partial charge in [-0.15, -0.1) is 0 Å². The van der Waals surface area contributed by atoms with Gasteiger partial charge in [0.2, 0.25) is 5.91 Å². The van der Waals surface area contributed by atoms with Crippen molar-refractivity contribution >= 4 is 5.91 Å². The first kappa shape index (κ1) is 12.9. The van der Waals surface area contributed by atoms with Crippen molar-refractivity contribution in [2.45, 2.75) is 70.4 Å². The van der Waals surface area contributed by atoms with Gasteiger partial charge >= 0.3 is 0 Å². The Morgan fingerprint density at radius 1 is 1.18 bits per heavy atom. The van der Waals surface area contributed by atoms with Crippen molar-refractivity contribution in [2.75, 3.05) is 0 Å². The second-order valence-electron chi connectivity index (χ2n) is 5.96. The maximum absolute atomic E-state index is 11.8. The first-order chi connectivity index (χ1) is 8.16. The first-order valence-corrected chi connectivity index (χ1v) is 7.21. The van der Waals surface area contributed by atoms with Crippen LogP contribution in [-0.2, 0) is 4.79 Å². The molecule has 0 aromatic heterocycles. The average Bonchev–Trinajstić information content (AvgIpc) is 3.13. The summed E-state index contributed by atoms with van der Waals surface area (Å²) in [5.41, 5.74) is 5.97. The van der Waals surface area contributed by atoms with Crippen LogP contribution < -0.4 is 11.1 Å². The SMILES string of the molecule is CC(NC(=O)CC(N)C1CC1)C1CCCCC1. The number of rotatable bonds is 5. The fourth-order valence-electron chi connectivity index (χ4n) is 2.97. The van der Waals surface area contributed by atoms with Crippen LogP contribution >= 0.6 is 0 Å². The van der Waals surface area contributed by atoms with E-state index in [1.165, 1.54) is 44.9 Å². The highest BCUT2D eigenvalue weighted by atomic mass is 16.1. The maximum Gasteiger partial charge on any atom is 0.221 e. The minimum absolute atomic E-state index is 0.0913. The summed E-state index contributed by atoms with van der Waals surface area (Å²) in [7, 11) is 0. The zero-order valence-electron chi connectivity index (χ0n) is 11.0. The van der Waals surface area contributed by atoms with Crippen LogP contribution in [0.3, 0.4) is 0 Å². The van der Waals surface area contributed by atoms with Crippen molar-refractivity contribution in [1.82, 2.24) is 5.32 Å². The van der Waals surface area contributed by atoms with Gasteiger partial charge in [-0.1, -0.05) is 19.3 Å². The van der Waals surface area contributed by atoms with E-state index in [-0.39, 0.29) is 11.9 Å². The summed E-state index contributed by atoms with van der Waals surface area (Å²) in [6.45, 7) is 2.15. The molecule has 3 heteroatoms. The van der Waals surface area contributed by atoms with E-state index < -0.39 is 0 Å². The quantitative estimate of drug-likeness (QED) is 0.771. The maximum atomic E-state index is 11.8. The van der Waals surface area contributed by atoms with Crippen LogP contribution in [0, 0.1) is 11.8 Å². The predicted octanol–water partition coefficient (Wildman–Crippen LogP) is 2.20. The van der Waals surface area contributed by atoms with Gasteiger partial charge in [-0.3, -0.25) is 4.79 Å². The minimum Gasteiger partial charge on any atom is -0.353 e. The lowest BCUT2D eigenvalue weighted by atomic mass is 9.84. The molecule has 0 radical (unpaired) electrons. The van der Waals surface area contributed by atoms with E-state index in [1.807, 2.05) is 0 Å². The van der Waals surface area contributed by atoms with Crippen molar-refractivity contribution in [3.05, 3.63) is 0 Å². The molecule has 98 valence electrons. The van der Waals surface area contributed by atoms with E-state index in [0.29, 0.717) is 24.3 Å². The first-order valence-electron chi connectivity index (χ1n) is 7.21. The third-order valence-electron chi connectivity index (χ3n) is 4.39. The monoisotopic (exact) mass is 238 g/mol. The van der Waals surface area contributed by atoms with Crippen LogP contribution in [0.4, 0.5) is 0 Å². The molecule has 0 aromatic rings. The summed E-state index contributed by atoms with van der Waals surface area (Å²) in [6, 6.07) is 0.419. The van der Waals surface area contributed by atoms with Crippen molar-refractivity contribution in [3.8, 4) is 0 Å². The van der Waals surface area contributed by atoms with E-state index in [0.717, 1.165) is 0 Å². The fraction of sp³-hybridized carbons (Fsp3) is 0.929. The molecule has 2 atom stereocenters. The Hall–Kier alpha value is -0.570. The van der Waals surface area contributed by atoms with E-state index in [1.54, 1.807) is 0 Å². The number of amides is 1. The fourth-order valence-corrected chi connectivity index (χ4v) is 2.97. The molecular weight excluding hydrogens is 212 g/mol. The zero-order chi connectivity index (χ0) is 12.3. The Kier molecular flexibility index (Phi) is 4.43. The molecule has 2 saturated carbocycles. The van der Waals surface area contributed by atoms with Crippen molar-refractivity contribution < 1.29 is 4.79 Å². The van der Waals surface area contributed by atoms with Gasteiger partial charge < -0.3 is 11.1 Å². The molecule has 0 aromatic carbocycles. The molecule has 3 N–H and O–H groups in total. The zero-order valence-corrected chi connectivity index (χ0v) is 11.0. The lowest BCUT2D eigenvalue weighted by Gasteiger charge is -2.28. The van der Waals surface area contributed by atoms with Crippen molar-refractivity contribution in [3.63, 3.8) is 0 Å². The van der Waals surface area contributed by atoms with E-state index in [2.05, 4.69) is 12.2 Å².